The van der Waals surface area contributed by atoms with Crippen LogP contribution in [0.2, 0.25) is 0 Å². The van der Waals surface area contributed by atoms with Crippen LogP contribution in [0.4, 0.5) is 5.69 Å². The zero-order valence-corrected chi connectivity index (χ0v) is 22.7. The lowest BCUT2D eigenvalue weighted by Crippen LogP contribution is -2.14. The number of carboxylic acids is 1. The summed E-state index contributed by atoms with van der Waals surface area (Å²) in [5, 5.41) is 12.8. The van der Waals surface area contributed by atoms with Crippen molar-refractivity contribution in [3.8, 4) is 17.2 Å². The third-order valence-corrected chi connectivity index (χ3v) is 8.46. The number of aliphatic carboxylic acids is 1. The number of aromatic nitrogens is 2. The molecular weight excluding hydrogens is 522 g/mol. The summed E-state index contributed by atoms with van der Waals surface area (Å²) in [6, 6.07) is 12.7. The summed E-state index contributed by atoms with van der Waals surface area (Å²) in [6.45, 7) is 5.34. The van der Waals surface area contributed by atoms with Crippen LogP contribution in [0.15, 0.2) is 56.3 Å². The Morgan fingerprint density at radius 1 is 1.15 bits per heavy atom. The van der Waals surface area contributed by atoms with Crippen LogP contribution >= 0.6 is 0 Å². The molecule has 39 heavy (non-hydrogen) atoms. The number of hydrogen-bond donors (Lipinski definition) is 2. The standard InChI is InChI=1S/C28H29N3O7S/c1-16-27(18(3)38-30-16)39(34,35)31-22-6-4-5-21(13-22)28-29-25(17(2)37-28)11-12-36-23-9-10-24-19(14-23)7-8-20(24)15-26(32)33/h4-6,9-10,13-14,20,31H,7-8,11-12,15H2,1-3H3,(H,32,33)/t20-/m0/s1. The monoisotopic (exact) mass is 551 g/mol. The summed E-state index contributed by atoms with van der Waals surface area (Å²) in [6.07, 6.45) is 2.36. The Morgan fingerprint density at radius 3 is 2.72 bits per heavy atom. The quantitative estimate of drug-likeness (QED) is 0.272. The number of anilines is 1. The molecule has 1 atom stereocenters. The highest BCUT2D eigenvalue weighted by atomic mass is 32.2. The number of carboxylic acid groups (broad SMARTS) is 1. The predicted molar refractivity (Wildman–Crippen MR) is 142 cm³/mol. The summed E-state index contributed by atoms with van der Waals surface area (Å²) in [4.78, 5) is 15.7. The van der Waals surface area contributed by atoms with Crippen molar-refractivity contribution in [1.29, 1.82) is 0 Å². The van der Waals surface area contributed by atoms with E-state index in [4.69, 9.17) is 18.8 Å². The van der Waals surface area contributed by atoms with E-state index in [0.717, 1.165) is 35.4 Å². The highest BCUT2D eigenvalue weighted by Gasteiger charge is 2.26. The molecule has 0 aliphatic heterocycles. The van der Waals surface area contributed by atoms with E-state index in [9.17, 15) is 13.2 Å². The third kappa shape index (κ3) is 5.68. The number of nitrogens with zero attached hydrogens (tertiary/aromatic N) is 2. The molecule has 2 heterocycles. The third-order valence-electron chi connectivity index (χ3n) is 6.84. The first-order chi connectivity index (χ1) is 18.6. The summed E-state index contributed by atoms with van der Waals surface area (Å²) >= 11 is 0. The highest BCUT2D eigenvalue weighted by Crippen LogP contribution is 2.37. The molecule has 5 rings (SSSR count). The lowest BCUT2D eigenvalue weighted by molar-refractivity contribution is -0.137. The number of hydrogen-bond acceptors (Lipinski definition) is 8. The van der Waals surface area contributed by atoms with Gasteiger partial charge in [-0.25, -0.2) is 13.4 Å². The van der Waals surface area contributed by atoms with Crippen molar-refractivity contribution in [2.24, 2.45) is 0 Å². The average Bonchev–Trinajstić information content (AvgIpc) is 3.55. The molecule has 0 bridgehead atoms. The molecule has 10 nitrogen and oxygen atoms in total. The minimum atomic E-state index is -3.88. The van der Waals surface area contributed by atoms with Gasteiger partial charge in [0, 0.05) is 17.7 Å². The Bertz CT molecular complexity index is 1620. The first kappa shape index (κ1) is 26.5. The Morgan fingerprint density at radius 2 is 1.97 bits per heavy atom. The van der Waals surface area contributed by atoms with Gasteiger partial charge in [-0.1, -0.05) is 17.3 Å². The van der Waals surface area contributed by atoms with E-state index in [1.54, 1.807) is 38.1 Å². The van der Waals surface area contributed by atoms with Crippen molar-refractivity contribution in [2.75, 3.05) is 11.3 Å². The predicted octanol–water partition coefficient (Wildman–Crippen LogP) is 5.18. The van der Waals surface area contributed by atoms with Gasteiger partial charge in [0.25, 0.3) is 10.0 Å². The fraction of sp³-hybridized carbons (Fsp3) is 0.321. The number of nitrogens with one attached hydrogen (secondary N) is 1. The van der Waals surface area contributed by atoms with Crippen LogP contribution in [-0.2, 0) is 27.7 Å². The van der Waals surface area contributed by atoms with Crippen molar-refractivity contribution in [1.82, 2.24) is 10.1 Å². The second kappa shape index (κ2) is 10.6. The maximum absolute atomic E-state index is 12.9. The molecule has 2 N–H and O–H groups in total. The molecule has 4 aromatic rings. The molecule has 11 heteroatoms. The Balaban J connectivity index is 1.24. The van der Waals surface area contributed by atoms with Gasteiger partial charge in [-0.05, 0) is 81.0 Å². The molecule has 0 amide bonds. The molecule has 0 fully saturated rings. The van der Waals surface area contributed by atoms with Gasteiger partial charge in [0.15, 0.2) is 10.7 Å². The Kier molecular flexibility index (Phi) is 7.17. The maximum Gasteiger partial charge on any atom is 0.303 e. The molecular formula is C28H29N3O7S. The normalized spacial score (nSPS) is 14.8. The van der Waals surface area contributed by atoms with Crippen molar-refractivity contribution in [3.63, 3.8) is 0 Å². The summed E-state index contributed by atoms with van der Waals surface area (Å²) in [5.41, 5.74) is 4.25. The van der Waals surface area contributed by atoms with Crippen molar-refractivity contribution >= 4 is 21.7 Å². The molecule has 1 aliphatic carbocycles. The molecule has 1 aliphatic rings. The van der Waals surface area contributed by atoms with Gasteiger partial charge in [0.2, 0.25) is 5.89 Å². The van der Waals surface area contributed by atoms with E-state index in [-0.39, 0.29) is 28.7 Å². The van der Waals surface area contributed by atoms with E-state index in [2.05, 4.69) is 14.9 Å². The number of ether oxygens (including phenoxy) is 1. The average molecular weight is 552 g/mol. The minimum Gasteiger partial charge on any atom is -0.493 e. The molecule has 2 aromatic carbocycles. The van der Waals surface area contributed by atoms with Gasteiger partial charge in [-0.2, -0.15) is 0 Å². The topological polar surface area (TPSA) is 145 Å². The van der Waals surface area contributed by atoms with Crippen LogP contribution in [0.3, 0.4) is 0 Å². The van der Waals surface area contributed by atoms with Crippen molar-refractivity contribution in [3.05, 3.63) is 76.5 Å². The van der Waals surface area contributed by atoms with Gasteiger partial charge < -0.3 is 18.8 Å². The first-order valence-corrected chi connectivity index (χ1v) is 14.1. The number of aryl methyl sites for hydroxylation is 4. The van der Waals surface area contributed by atoms with Crippen LogP contribution in [0, 0.1) is 20.8 Å². The number of rotatable bonds is 10. The van der Waals surface area contributed by atoms with E-state index < -0.39 is 16.0 Å². The zero-order chi connectivity index (χ0) is 27.7. The van der Waals surface area contributed by atoms with Gasteiger partial charge in [0.1, 0.15) is 17.2 Å². The second-order valence-corrected chi connectivity index (χ2v) is 11.3. The number of fused-ring (bicyclic) bond motifs is 1. The van der Waals surface area contributed by atoms with E-state index in [0.29, 0.717) is 35.9 Å². The van der Waals surface area contributed by atoms with Crippen LogP contribution in [0.5, 0.6) is 5.75 Å². The van der Waals surface area contributed by atoms with Crippen molar-refractivity contribution in [2.45, 2.75) is 57.3 Å². The summed E-state index contributed by atoms with van der Waals surface area (Å²) < 4.78 is 45.2. The van der Waals surface area contributed by atoms with Crippen LogP contribution < -0.4 is 9.46 Å². The summed E-state index contributed by atoms with van der Waals surface area (Å²) in [5.74, 6) is 1.27. The maximum atomic E-state index is 12.9. The molecule has 2 aromatic heterocycles. The fourth-order valence-corrected chi connectivity index (χ4v) is 6.41. The second-order valence-electron chi connectivity index (χ2n) is 9.65. The zero-order valence-electron chi connectivity index (χ0n) is 21.9. The lowest BCUT2D eigenvalue weighted by Gasteiger charge is -2.10. The van der Waals surface area contributed by atoms with Gasteiger partial charge in [0.05, 0.1) is 18.7 Å². The van der Waals surface area contributed by atoms with Crippen LogP contribution in [0.25, 0.3) is 11.5 Å². The van der Waals surface area contributed by atoms with E-state index in [1.165, 1.54) is 0 Å². The first-order valence-electron chi connectivity index (χ1n) is 12.6. The van der Waals surface area contributed by atoms with Gasteiger partial charge >= 0.3 is 5.97 Å². The SMILES string of the molecule is Cc1noc(C)c1S(=O)(=O)Nc1cccc(-c2nc(CCOc3ccc4c(c3)CC[C@H]4CC(=O)O)c(C)o2)c1. The molecule has 0 saturated heterocycles. The van der Waals surface area contributed by atoms with E-state index >= 15 is 0 Å². The Hall–Kier alpha value is -4.12. The molecule has 204 valence electrons. The Labute approximate surface area is 226 Å². The number of oxazole rings is 1. The molecule has 0 spiro atoms. The number of benzene rings is 2. The van der Waals surface area contributed by atoms with Crippen molar-refractivity contribution < 1.29 is 32.0 Å². The van der Waals surface area contributed by atoms with Crippen LogP contribution in [-0.4, -0.2) is 36.2 Å². The molecule has 0 unspecified atom stereocenters. The lowest BCUT2D eigenvalue weighted by atomic mass is 9.98. The fourth-order valence-electron chi connectivity index (χ4n) is 5.02. The van der Waals surface area contributed by atoms with Gasteiger partial charge in [-0.3, -0.25) is 9.52 Å². The number of carbonyl (C=O) groups is 1. The molecule has 0 radical (unpaired) electrons. The largest absolute Gasteiger partial charge is 0.493 e. The van der Waals surface area contributed by atoms with Crippen LogP contribution in [0.1, 0.15) is 52.8 Å². The highest BCUT2D eigenvalue weighted by molar-refractivity contribution is 7.92. The van der Waals surface area contributed by atoms with E-state index in [1.807, 2.05) is 25.1 Å². The summed E-state index contributed by atoms with van der Waals surface area (Å²) in [7, 11) is -3.88. The van der Waals surface area contributed by atoms with Gasteiger partial charge in [-0.15, -0.1) is 0 Å². The minimum absolute atomic E-state index is 0.0191. The molecule has 0 saturated carbocycles. The smallest absolute Gasteiger partial charge is 0.303 e. The number of sulfonamides is 1.